The molecule has 0 aliphatic heterocycles. The van der Waals surface area contributed by atoms with Gasteiger partial charge in [-0.25, -0.2) is 0 Å². The predicted octanol–water partition coefficient (Wildman–Crippen LogP) is 6.21. The van der Waals surface area contributed by atoms with Crippen molar-refractivity contribution in [3.63, 3.8) is 0 Å². The molecule has 2 aromatic rings. The van der Waals surface area contributed by atoms with E-state index in [1.165, 1.54) is 0 Å². The molecule has 0 bridgehead atoms. The molecule has 0 aliphatic rings. The van der Waals surface area contributed by atoms with Gasteiger partial charge in [0.15, 0.2) is 11.5 Å². The highest BCUT2D eigenvalue weighted by molar-refractivity contribution is 9.10. The van der Waals surface area contributed by atoms with Crippen LogP contribution in [0.5, 0.6) is 11.5 Å². The number of rotatable bonds is 4. The minimum absolute atomic E-state index is 0.356. The second-order valence-electron chi connectivity index (χ2n) is 4.26. The number of benzene rings is 2. The Hall–Kier alpha value is -0.420. The van der Waals surface area contributed by atoms with Gasteiger partial charge < -0.3 is 9.47 Å². The summed E-state index contributed by atoms with van der Waals surface area (Å²) in [7, 11) is 3.19. The Kier molecular flexibility index (Phi) is 5.83. The SMILES string of the molecule is COc1cc(Br)c(C(Cl)c2ccc(Cl)cc2Br)cc1OC. The van der Waals surface area contributed by atoms with Gasteiger partial charge in [0, 0.05) is 14.0 Å². The first-order chi connectivity index (χ1) is 9.97. The number of hydrogen-bond acceptors (Lipinski definition) is 2. The third-order valence-corrected chi connectivity index (χ3v) is 5.09. The molecule has 0 aromatic heterocycles. The van der Waals surface area contributed by atoms with Crippen molar-refractivity contribution in [1.29, 1.82) is 0 Å². The Morgan fingerprint density at radius 3 is 2.05 bits per heavy atom. The summed E-state index contributed by atoms with van der Waals surface area (Å²) < 4.78 is 12.3. The Morgan fingerprint density at radius 2 is 1.48 bits per heavy atom. The fourth-order valence-electron chi connectivity index (χ4n) is 1.94. The van der Waals surface area contributed by atoms with Gasteiger partial charge >= 0.3 is 0 Å². The first-order valence-electron chi connectivity index (χ1n) is 5.98. The van der Waals surface area contributed by atoms with Crippen LogP contribution in [0.1, 0.15) is 16.5 Å². The zero-order chi connectivity index (χ0) is 15.6. The van der Waals surface area contributed by atoms with Crippen LogP contribution in [-0.2, 0) is 0 Å². The molecular formula is C15H12Br2Cl2O2. The molecule has 0 N–H and O–H groups in total. The maximum atomic E-state index is 6.62. The highest BCUT2D eigenvalue weighted by atomic mass is 79.9. The van der Waals surface area contributed by atoms with E-state index in [0.29, 0.717) is 16.5 Å². The van der Waals surface area contributed by atoms with Gasteiger partial charge in [0.1, 0.15) is 0 Å². The zero-order valence-corrected chi connectivity index (χ0v) is 16.0. The Labute approximate surface area is 150 Å². The lowest BCUT2D eigenvalue weighted by atomic mass is 10.0. The number of halogens is 4. The molecule has 0 heterocycles. The lowest BCUT2D eigenvalue weighted by molar-refractivity contribution is 0.354. The smallest absolute Gasteiger partial charge is 0.161 e. The van der Waals surface area contributed by atoms with E-state index in [-0.39, 0.29) is 5.38 Å². The number of methoxy groups -OCH3 is 2. The topological polar surface area (TPSA) is 18.5 Å². The summed E-state index contributed by atoms with van der Waals surface area (Å²) >= 11 is 19.6. The summed E-state index contributed by atoms with van der Waals surface area (Å²) in [5.74, 6) is 1.28. The van der Waals surface area contributed by atoms with Crippen molar-refractivity contribution in [2.45, 2.75) is 5.38 Å². The van der Waals surface area contributed by atoms with Crippen molar-refractivity contribution in [2.75, 3.05) is 14.2 Å². The zero-order valence-electron chi connectivity index (χ0n) is 11.3. The third-order valence-electron chi connectivity index (χ3n) is 3.01. The molecule has 0 radical (unpaired) electrons. The standard InChI is InChI=1S/C15H12Br2Cl2O2/c1-20-13-6-10(12(17)7-14(13)21-2)15(19)9-4-3-8(18)5-11(9)16/h3-7,15H,1-2H3. The van der Waals surface area contributed by atoms with E-state index in [1.807, 2.05) is 30.3 Å². The second kappa shape index (κ2) is 7.23. The van der Waals surface area contributed by atoms with Crippen LogP contribution < -0.4 is 9.47 Å². The molecule has 2 aromatic carbocycles. The maximum absolute atomic E-state index is 6.62. The molecule has 0 fully saturated rings. The number of ether oxygens (including phenoxy) is 2. The summed E-state index contributed by atoms with van der Waals surface area (Å²) in [5, 5.41) is 0.298. The highest BCUT2D eigenvalue weighted by Gasteiger charge is 2.20. The van der Waals surface area contributed by atoms with Crippen molar-refractivity contribution >= 4 is 55.1 Å². The molecule has 2 rings (SSSR count). The van der Waals surface area contributed by atoms with Crippen LogP contribution >= 0.6 is 55.1 Å². The van der Waals surface area contributed by atoms with Gasteiger partial charge in [0.05, 0.1) is 19.6 Å². The van der Waals surface area contributed by atoms with E-state index in [1.54, 1.807) is 14.2 Å². The third kappa shape index (κ3) is 3.67. The molecule has 0 spiro atoms. The molecule has 0 saturated carbocycles. The van der Waals surface area contributed by atoms with Gasteiger partial charge in [0.2, 0.25) is 0 Å². The summed E-state index contributed by atoms with van der Waals surface area (Å²) in [4.78, 5) is 0. The van der Waals surface area contributed by atoms with Crippen molar-refractivity contribution in [2.24, 2.45) is 0 Å². The summed E-state index contributed by atoms with van der Waals surface area (Å²) in [6.07, 6.45) is 0. The molecule has 1 atom stereocenters. The van der Waals surface area contributed by atoms with Crippen LogP contribution in [0.2, 0.25) is 5.02 Å². The number of alkyl halides is 1. The lowest BCUT2D eigenvalue weighted by Crippen LogP contribution is -1.99. The van der Waals surface area contributed by atoms with Crippen LogP contribution in [0.4, 0.5) is 0 Å². The summed E-state index contributed by atoms with van der Waals surface area (Å²) in [5.41, 5.74) is 1.81. The molecule has 6 heteroatoms. The average Bonchev–Trinajstić information content (AvgIpc) is 2.46. The first kappa shape index (κ1) is 16.9. The molecule has 112 valence electrons. The minimum atomic E-state index is -0.356. The van der Waals surface area contributed by atoms with E-state index in [9.17, 15) is 0 Å². The van der Waals surface area contributed by atoms with Crippen molar-refractivity contribution < 1.29 is 9.47 Å². The molecular weight excluding hydrogens is 443 g/mol. The normalized spacial score (nSPS) is 12.1. The molecule has 0 saturated heterocycles. The van der Waals surface area contributed by atoms with E-state index in [4.69, 9.17) is 32.7 Å². The summed E-state index contributed by atoms with van der Waals surface area (Å²) in [6, 6.07) is 9.23. The molecule has 0 amide bonds. The van der Waals surface area contributed by atoms with E-state index >= 15 is 0 Å². The van der Waals surface area contributed by atoms with Gasteiger partial charge in [-0.1, -0.05) is 49.5 Å². The summed E-state index contributed by atoms with van der Waals surface area (Å²) in [6.45, 7) is 0. The molecule has 2 nitrogen and oxygen atoms in total. The van der Waals surface area contributed by atoms with Crippen molar-refractivity contribution in [3.05, 3.63) is 55.4 Å². The van der Waals surface area contributed by atoms with Gasteiger partial charge in [-0.05, 0) is 35.4 Å². The van der Waals surface area contributed by atoms with Gasteiger partial charge in [-0.15, -0.1) is 11.6 Å². The lowest BCUT2D eigenvalue weighted by Gasteiger charge is -2.17. The maximum Gasteiger partial charge on any atom is 0.161 e. The largest absolute Gasteiger partial charge is 0.493 e. The average molecular weight is 455 g/mol. The minimum Gasteiger partial charge on any atom is -0.493 e. The Morgan fingerprint density at radius 1 is 0.905 bits per heavy atom. The van der Waals surface area contributed by atoms with Gasteiger partial charge in [0.25, 0.3) is 0 Å². The van der Waals surface area contributed by atoms with Crippen LogP contribution in [0, 0.1) is 0 Å². The van der Waals surface area contributed by atoms with Crippen LogP contribution in [0.25, 0.3) is 0 Å². The van der Waals surface area contributed by atoms with Crippen molar-refractivity contribution in [1.82, 2.24) is 0 Å². The van der Waals surface area contributed by atoms with E-state index in [2.05, 4.69) is 31.9 Å². The fraction of sp³-hybridized carbons (Fsp3) is 0.200. The van der Waals surface area contributed by atoms with E-state index < -0.39 is 0 Å². The fourth-order valence-corrected chi connectivity index (χ4v) is 4.04. The highest BCUT2D eigenvalue weighted by Crippen LogP contribution is 2.42. The molecule has 21 heavy (non-hydrogen) atoms. The predicted molar refractivity (Wildman–Crippen MR) is 94.1 cm³/mol. The van der Waals surface area contributed by atoms with Crippen LogP contribution in [0.3, 0.4) is 0 Å². The van der Waals surface area contributed by atoms with Crippen molar-refractivity contribution in [3.8, 4) is 11.5 Å². The first-order valence-corrected chi connectivity index (χ1v) is 8.38. The quantitative estimate of drug-likeness (QED) is 0.511. The Bertz CT molecular complexity index is 662. The van der Waals surface area contributed by atoms with Gasteiger partial charge in [-0.2, -0.15) is 0 Å². The molecule has 1 unspecified atom stereocenters. The second-order valence-corrected chi connectivity index (χ2v) is 6.84. The number of hydrogen-bond donors (Lipinski definition) is 0. The molecule has 0 aliphatic carbocycles. The van der Waals surface area contributed by atoms with Crippen LogP contribution in [-0.4, -0.2) is 14.2 Å². The monoisotopic (exact) mass is 452 g/mol. The van der Waals surface area contributed by atoms with Crippen LogP contribution in [0.15, 0.2) is 39.3 Å². The Balaban J connectivity index is 2.50. The van der Waals surface area contributed by atoms with Gasteiger partial charge in [-0.3, -0.25) is 0 Å². The van der Waals surface area contributed by atoms with E-state index in [0.717, 1.165) is 20.1 Å².